The molecular weight excluding hydrogens is 343 g/mol. The summed E-state index contributed by atoms with van der Waals surface area (Å²) in [6.45, 7) is 4.70. The Morgan fingerprint density at radius 2 is 2.07 bits per heavy atom. The number of aromatic nitrogens is 3. The number of hydrogen-bond donors (Lipinski definition) is 1. The van der Waals surface area contributed by atoms with Crippen LogP contribution in [0.25, 0.3) is 5.65 Å². The summed E-state index contributed by atoms with van der Waals surface area (Å²) in [6.07, 6.45) is 4.48. The predicted octanol–water partition coefficient (Wildman–Crippen LogP) is 3.31. The van der Waals surface area contributed by atoms with E-state index >= 15 is 0 Å². The van der Waals surface area contributed by atoms with Crippen molar-refractivity contribution >= 4 is 5.65 Å². The maximum Gasteiger partial charge on any atom is 0.272 e. The SMILES string of the molecule is Cc1cc2nc(CN3CCCC(CCc4ccc(F)cc4)C3)cc(=O)n2[nH]1. The van der Waals surface area contributed by atoms with E-state index in [4.69, 9.17) is 0 Å². The number of fused-ring (bicyclic) bond motifs is 1. The van der Waals surface area contributed by atoms with E-state index in [1.165, 1.54) is 35.1 Å². The van der Waals surface area contributed by atoms with E-state index in [1.807, 2.05) is 25.1 Å². The van der Waals surface area contributed by atoms with E-state index in [-0.39, 0.29) is 11.4 Å². The minimum absolute atomic E-state index is 0.0621. The molecule has 1 aliphatic rings. The Morgan fingerprint density at radius 3 is 2.89 bits per heavy atom. The standard InChI is InChI=1S/C21H25FN4O/c1-15-11-20-23-19(12-21(27)26(20)24-15)14-25-10-2-3-17(13-25)5-4-16-6-8-18(22)9-7-16/h6-9,11-12,17,24H,2-5,10,13-14H2,1H3. The van der Waals surface area contributed by atoms with E-state index < -0.39 is 0 Å². The van der Waals surface area contributed by atoms with Crippen LogP contribution in [0.3, 0.4) is 0 Å². The van der Waals surface area contributed by atoms with Gasteiger partial charge in [0.15, 0.2) is 5.65 Å². The molecule has 5 nitrogen and oxygen atoms in total. The molecule has 0 radical (unpaired) electrons. The van der Waals surface area contributed by atoms with Crippen LogP contribution in [0.15, 0.2) is 41.2 Å². The molecular formula is C21H25FN4O. The Bertz CT molecular complexity index is 976. The average molecular weight is 368 g/mol. The first-order chi connectivity index (χ1) is 13.1. The van der Waals surface area contributed by atoms with Crippen LogP contribution in [0.2, 0.25) is 0 Å². The number of aromatic amines is 1. The molecule has 0 amide bonds. The van der Waals surface area contributed by atoms with E-state index in [0.717, 1.165) is 37.3 Å². The lowest BCUT2D eigenvalue weighted by Crippen LogP contribution is -2.35. The van der Waals surface area contributed by atoms with Gasteiger partial charge in [0.1, 0.15) is 5.82 Å². The molecule has 2 aromatic heterocycles. The predicted molar refractivity (Wildman–Crippen MR) is 103 cm³/mol. The van der Waals surface area contributed by atoms with Gasteiger partial charge in [-0.15, -0.1) is 0 Å². The van der Waals surface area contributed by atoms with Gasteiger partial charge in [-0.1, -0.05) is 12.1 Å². The lowest BCUT2D eigenvalue weighted by molar-refractivity contribution is 0.160. The number of halogens is 1. The van der Waals surface area contributed by atoms with Crippen molar-refractivity contribution in [2.45, 2.75) is 39.2 Å². The fourth-order valence-corrected chi connectivity index (χ4v) is 4.02. The molecule has 3 heterocycles. The van der Waals surface area contributed by atoms with Crippen LogP contribution >= 0.6 is 0 Å². The maximum atomic E-state index is 13.0. The summed E-state index contributed by atoms with van der Waals surface area (Å²) in [6, 6.07) is 10.3. The number of nitrogens with zero attached hydrogens (tertiary/aromatic N) is 3. The molecule has 1 N–H and O–H groups in total. The molecule has 27 heavy (non-hydrogen) atoms. The number of piperidine rings is 1. The first-order valence-corrected chi connectivity index (χ1v) is 9.62. The number of aryl methyl sites for hydroxylation is 2. The van der Waals surface area contributed by atoms with Gasteiger partial charge < -0.3 is 0 Å². The average Bonchev–Trinajstić information content (AvgIpc) is 3.02. The highest BCUT2D eigenvalue weighted by molar-refractivity contribution is 5.39. The van der Waals surface area contributed by atoms with E-state index in [0.29, 0.717) is 18.1 Å². The highest BCUT2D eigenvalue weighted by Crippen LogP contribution is 2.22. The number of rotatable bonds is 5. The minimum atomic E-state index is -0.180. The van der Waals surface area contributed by atoms with Crippen molar-refractivity contribution in [2.24, 2.45) is 5.92 Å². The highest BCUT2D eigenvalue weighted by Gasteiger charge is 2.20. The van der Waals surface area contributed by atoms with Crippen molar-refractivity contribution in [1.29, 1.82) is 0 Å². The zero-order valence-electron chi connectivity index (χ0n) is 15.6. The molecule has 6 heteroatoms. The van der Waals surface area contributed by atoms with Gasteiger partial charge in [-0.2, -0.15) is 0 Å². The van der Waals surface area contributed by atoms with Gasteiger partial charge in [0.05, 0.1) is 5.69 Å². The lowest BCUT2D eigenvalue weighted by Gasteiger charge is -2.32. The first kappa shape index (κ1) is 17.9. The second-order valence-electron chi connectivity index (χ2n) is 7.63. The Morgan fingerprint density at radius 1 is 1.26 bits per heavy atom. The van der Waals surface area contributed by atoms with Gasteiger partial charge in [0.25, 0.3) is 5.56 Å². The normalized spacial score (nSPS) is 18.2. The molecule has 0 aliphatic carbocycles. The first-order valence-electron chi connectivity index (χ1n) is 9.62. The summed E-state index contributed by atoms with van der Waals surface area (Å²) < 4.78 is 14.5. The second kappa shape index (κ2) is 7.64. The van der Waals surface area contributed by atoms with Gasteiger partial charge in [-0.25, -0.2) is 13.9 Å². The number of benzene rings is 1. The van der Waals surface area contributed by atoms with E-state index in [2.05, 4.69) is 15.0 Å². The summed E-state index contributed by atoms with van der Waals surface area (Å²) in [4.78, 5) is 19.3. The number of nitrogens with one attached hydrogen (secondary N) is 1. The number of likely N-dealkylation sites (tertiary alicyclic amines) is 1. The summed E-state index contributed by atoms with van der Waals surface area (Å²) in [5, 5.41) is 3.00. The van der Waals surface area contributed by atoms with Crippen LogP contribution < -0.4 is 5.56 Å². The van der Waals surface area contributed by atoms with Crippen molar-refractivity contribution in [3.05, 3.63) is 69.5 Å². The molecule has 1 aromatic carbocycles. The molecule has 0 saturated carbocycles. The largest absolute Gasteiger partial charge is 0.297 e. The fraction of sp³-hybridized carbons (Fsp3) is 0.429. The van der Waals surface area contributed by atoms with Crippen LogP contribution in [-0.4, -0.2) is 32.6 Å². The summed E-state index contributed by atoms with van der Waals surface area (Å²) in [7, 11) is 0. The zero-order chi connectivity index (χ0) is 18.8. The number of hydrogen-bond acceptors (Lipinski definition) is 3. The van der Waals surface area contributed by atoms with Gasteiger partial charge in [-0.05, 0) is 62.8 Å². The minimum Gasteiger partial charge on any atom is -0.297 e. The van der Waals surface area contributed by atoms with Crippen LogP contribution in [-0.2, 0) is 13.0 Å². The van der Waals surface area contributed by atoms with Gasteiger partial charge in [0, 0.05) is 30.9 Å². The molecule has 142 valence electrons. The fourth-order valence-electron chi connectivity index (χ4n) is 4.02. The molecule has 1 aliphatic heterocycles. The maximum absolute atomic E-state index is 13.0. The van der Waals surface area contributed by atoms with E-state index in [1.54, 1.807) is 6.07 Å². The van der Waals surface area contributed by atoms with Crippen LogP contribution in [0.5, 0.6) is 0 Å². The lowest BCUT2D eigenvalue weighted by atomic mass is 9.91. The van der Waals surface area contributed by atoms with Crippen molar-refractivity contribution in [2.75, 3.05) is 13.1 Å². The summed E-state index contributed by atoms with van der Waals surface area (Å²) in [5.74, 6) is 0.448. The highest BCUT2D eigenvalue weighted by atomic mass is 19.1. The van der Waals surface area contributed by atoms with Crippen molar-refractivity contribution in [3.8, 4) is 0 Å². The van der Waals surface area contributed by atoms with Gasteiger partial charge in [0.2, 0.25) is 0 Å². The monoisotopic (exact) mass is 368 g/mol. The van der Waals surface area contributed by atoms with Gasteiger partial charge >= 0.3 is 0 Å². The smallest absolute Gasteiger partial charge is 0.272 e. The Balaban J connectivity index is 1.38. The third-order valence-electron chi connectivity index (χ3n) is 5.37. The molecule has 4 rings (SSSR count). The van der Waals surface area contributed by atoms with Crippen LogP contribution in [0, 0.1) is 18.7 Å². The third-order valence-corrected chi connectivity index (χ3v) is 5.37. The van der Waals surface area contributed by atoms with Crippen molar-refractivity contribution < 1.29 is 4.39 Å². The van der Waals surface area contributed by atoms with Crippen molar-refractivity contribution in [3.63, 3.8) is 0 Å². The Kier molecular flexibility index (Phi) is 5.07. The van der Waals surface area contributed by atoms with E-state index in [9.17, 15) is 9.18 Å². The number of H-pyrrole nitrogens is 1. The van der Waals surface area contributed by atoms with Crippen LogP contribution in [0.1, 0.15) is 36.2 Å². The quantitative estimate of drug-likeness (QED) is 0.752. The second-order valence-corrected chi connectivity index (χ2v) is 7.63. The summed E-state index contributed by atoms with van der Waals surface area (Å²) in [5.41, 5.74) is 3.57. The molecule has 1 saturated heterocycles. The molecule has 0 spiro atoms. The van der Waals surface area contributed by atoms with Crippen LogP contribution in [0.4, 0.5) is 4.39 Å². The summed E-state index contributed by atoms with van der Waals surface area (Å²) >= 11 is 0. The third kappa shape index (κ3) is 4.27. The topological polar surface area (TPSA) is 53.4 Å². The molecule has 1 unspecified atom stereocenters. The molecule has 1 atom stereocenters. The zero-order valence-corrected chi connectivity index (χ0v) is 15.6. The van der Waals surface area contributed by atoms with Gasteiger partial charge in [-0.3, -0.25) is 14.8 Å². The molecule has 0 bridgehead atoms. The molecule has 3 aromatic rings. The van der Waals surface area contributed by atoms with Crippen molar-refractivity contribution in [1.82, 2.24) is 19.5 Å². The molecule has 1 fully saturated rings. The Hall–Kier alpha value is -2.47. The Labute approximate surface area is 157 Å².